The number of carbonyl (C=O) groups excluding carboxylic acids is 4. The first-order valence-electron chi connectivity index (χ1n) is 11.5. The van der Waals surface area contributed by atoms with Gasteiger partial charge in [0, 0.05) is 37.4 Å². The van der Waals surface area contributed by atoms with Gasteiger partial charge in [0.2, 0.25) is 0 Å². The van der Waals surface area contributed by atoms with Crippen molar-refractivity contribution in [1.29, 1.82) is 0 Å². The Morgan fingerprint density at radius 2 is 0.861 bits per heavy atom. The molecule has 36 heavy (non-hydrogen) atoms. The van der Waals surface area contributed by atoms with E-state index < -0.39 is 33.5 Å². The standard InChI is InChI=1S/C24H22N4O8/c29-21-17-9-7-15(27(33)34)13-19(17)23(31)25(21)11-5-3-1-2-4-6-12-26-22(30)18-10-8-16(28(35)36)14-20(18)24(26)32/h7-10,13-14H,1-6,11-12H2. The Kier molecular flexibility index (Phi) is 6.86. The molecular formula is C24H22N4O8. The summed E-state index contributed by atoms with van der Waals surface area (Å²) in [6, 6.07) is 7.29. The van der Waals surface area contributed by atoms with Crippen LogP contribution in [0.15, 0.2) is 36.4 Å². The zero-order valence-electron chi connectivity index (χ0n) is 19.2. The fraction of sp³-hybridized carbons (Fsp3) is 0.333. The lowest BCUT2D eigenvalue weighted by Gasteiger charge is -2.14. The van der Waals surface area contributed by atoms with E-state index in [-0.39, 0.29) is 46.7 Å². The van der Waals surface area contributed by atoms with Gasteiger partial charge in [-0.3, -0.25) is 49.2 Å². The normalized spacial score (nSPS) is 14.4. The Morgan fingerprint density at radius 1 is 0.528 bits per heavy atom. The summed E-state index contributed by atoms with van der Waals surface area (Å²) in [7, 11) is 0. The van der Waals surface area contributed by atoms with E-state index in [4.69, 9.17) is 0 Å². The van der Waals surface area contributed by atoms with E-state index in [1.807, 2.05) is 0 Å². The van der Waals surface area contributed by atoms with E-state index in [0.717, 1.165) is 47.6 Å². The van der Waals surface area contributed by atoms with Crippen molar-refractivity contribution < 1.29 is 29.0 Å². The summed E-state index contributed by atoms with van der Waals surface area (Å²) in [6.07, 6.45) is 4.33. The van der Waals surface area contributed by atoms with Crippen LogP contribution in [0, 0.1) is 20.2 Å². The van der Waals surface area contributed by atoms with E-state index in [9.17, 15) is 39.4 Å². The number of nitro groups is 2. The Hall–Kier alpha value is -4.48. The Balaban J connectivity index is 1.17. The predicted molar refractivity (Wildman–Crippen MR) is 125 cm³/mol. The molecular weight excluding hydrogens is 472 g/mol. The van der Waals surface area contributed by atoms with Crippen LogP contribution in [-0.2, 0) is 0 Å². The SMILES string of the molecule is O=C1c2ccc([N+](=O)[O-])cc2C(=O)N1CCCCCCCCN1C(=O)c2ccc([N+](=O)[O-])cc2C1=O. The maximum Gasteiger partial charge on any atom is 0.270 e. The molecule has 12 nitrogen and oxygen atoms in total. The second-order valence-electron chi connectivity index (χ2n) is 8.62. The first-order chi connectivity index (χ1) is 17.2. The molecule has 4 rings (SSSR count). The van der Waals surface area contributed by atoms with E-state index in [1.165, 1.54) is 24.3 Å². The molecule has 2 heterocycles. The van der Waals surface area contributed by atoms with Crippen LogP contribution in [0.2, 0.25) is 0 Å². The first-order valence-corrected chi connectivity index (χ1v) is 11.5. The number of hydrogen-bond donors (Lipinski definition) is 0. The van der Waals surface area contributed by atoms with Gasteiger partial charge in [0.15, 0.2) is 0 Å². The molecule has 0 bridgehead atoms. The minimum Gasteiger partial charge on any atom is -0.274 e. The van der Waals surface area contributed by atoms with Gasteiger partial charge in [-0.1, -0.05) is 25.7 Å². The van der Waals surface area contributed by atoms with Crippen molar-refractivity contribution in [2.45, 2.75) is 38.5 Å². The molecule has 0 fully saturated rings. The highest BCUT2D eigenvalue weighted by molar-refractivity contribution is 6.22. The minimum absolute atomic E-state index is 0.0527. The number of non-ortho nitro benzene ring substituents is 2. The highest BCUT2D eigenvalue weighted by atomic mass is 16.6. The molecule has 0 saturated heterocycles. The minimum atomic E-state index is -0.610. The highest BCUT2D eigenvalue weighted by Gasteiger charge is 2.37. The van der Waals surface area contributed by atoms with Crippen LogP contribution in [-0.4, -0.2) is 56.4 Å². The van der Waals surface area contributed by atoms with E-state index in [2.05, 4.69) is 0 Å². The summed E-state index contributed by atoms with van der Waals surface area (Å²) in [6.45, 7) is 0.447. The Morgan fingerprint density at radius 3 is 1.22 bits per heavy atom. The molecule has 0 aromatic heterocycles. The monoisotopic (exact) mass is 494 g/mol. The molecule has 0 atom stereocenters. The third-order valence-corrected chi connectivity index (χ3v) is 6.34. The third-order valence-electron chi connectivity index (χ3n) is 6.34. The fourth-order valence-corrected chi connectivity index (χ4v) is 4.44. The Bertz CT molecular complexity index is 1210. The fourth-order valence-electron chi connectivity index (χ4n) is 4.44. The first kappa shape index (κ1) is 24.6. The lowest BCUT2D eigenvalue weighted by Crippen LogP contribution is -2.30. The van der Waals surface area contributed by atoms with Crippen molar-refractivity contribution in [3.8, 4) is 0 Å². The zero-order valence-corrected chi connectivity index (χ0v) is 19.2. The molecule has 0 unspecified atom stereocenters. The molecule has 0 spiro atoms. The van der Waals surface area contributed by atoms with Crippen LogP contribution in [0.3, 0.4) is 0 Å². The molecule has 0 radical (unpaired) electrons. The van der Waals surface area contributed by atoms with Crippen LogP contribution in [0.4, 0.5) is 11.4 Å². The molecule has 0 saturated carbocycles. The number of imide groups is 2. The van der Waals surface area contributed by atoms with Crippen LogP contribution in [0.5, 0.6) is 0 Å². The number of carbonyl (C=O) groups is 4. The number of amides is 4. The number of nitro benzene ring substituents is 2. The zero-order chi connectivity index (χ0) is 26.0. The van der Waals surface area contributed by atoms with Crippen molar-refractivity contribution >= 4 is 35.0 Å². The van der Waals surface area contributed by atoms with Gasteiger partial charge in [-0.25, -0.2) is 0 Å². The van der Waals surface area contributed by atoms with E-state index in [1.54, 1.807) is 0 Å². The summed E-state index contributed by atoms with van der Waals surface area (Å²) >= 11 is 0. The summed E-state index contributed by atoms with van der Waals surface area (Å²) in [4.78, 5) is 72.7. The van der Waals surface area contributed by atoms with Crippen LogP contribution in [0.1, 0.15) is 80.0 Å². The van der Waals surface area contributed by atoms with Crippen molar-refractivity contribution in [2.24, 2.45) is 0 Å². The summed E-state index contributed by atoms with van der Waals surface area (Å²) in [5.74, 6) is -1.94. The number of unbranched alkanes of at least 4 members (excludes halogenated alkanes) is 5. The number of nitrogens with zero attached hydrogens (tertiary/aromatic N) is 4. The second kappa shape index (κ2) is 10.0. The highest BCUT2D eigenvalue weighted by Crippen LogP contribution is 2.28. The van der Waals surface area contributed by atoms with Crippen molar-refractivity contribution in [3.63, 3.8) is 0 Å². The van der Waals surface area contributed by atoms with Gasteiger partial charge in [0.05, 0.1) is 32.1 Å². The van der Waals surface area contributed by atoms with E-state index in [0.29, 0.717) is 12.8 Å². The van der Waals surface area contributed by atoms with Crippen molar-refractivity contribution in [2.75, 3.05) is 13.1 Å². The maximum atomic E-state index is 12.5. The number of hydrogen-bond acceptors (Lipinski definition) is 8. The topological polar surface area (TPSA) is 161 Å². The third kappa shape index (κ3) is 4.57. The largest absolute Gasteiger partial charge is 0.274 e. The summed E-state index contributed by atoms with van der Waals surface area (Å²) in [5.41, 5.74) is -0.0193. The van der Waals surface area contributed by atoms with Gasteiger partial charge >= 0.3 is 0 Å². The molecule has 2 aliphatic rings. The average molecular weight is 494 g/mol. The van der Waals surface area contributed by atoms with Crippen LogP contribution >= 0.6 is 0 Å². The molecule has 2 aliphatic heterocycles. The lowest BCUT2D eigenvalue weighted by atomic mass is 10.1. The number of rotatable bonds is 11. The smallest absolute Gasteiger partial charge is 0.270 e. The lowest BCUT2D eigenvalue weighted by molar-refractivity contribution is -0.385. The molecule has 186 valence electrons. The van der Waals surface area contributed by atoms with Crippen molar-refractivity contribution in [1.82, 2.24) is 9.80 Å². The predicted octanol–water partition coefficient (Wildman–Crippen LogP) is 3.74. The molecule has 2 aromatic carbocycles. The summed E-state index contributed by atoms with van der Waals surface area (Å²) in [5, 5.41) is 21.8. The van der Waals surface area contributed by atoms with Gasteiger partial charge in [-0.05, 0) is 25.0 Å². The molecule has 4 amide bonds. The van der Waals surface area contributed by atoms with Gasteiger partial charge in [0.25, 0.3) is 35.0 Å². The molecule has 0 aliphatic carbocycles. The van der Waals surface area contributed by atoms with Crippen LogP contribution < -0.4 is 0 Å². The Labute approximate surface area is 204 Å². The average Bonchev–Trinajstić information content (AvgIpc) is 3.24. The van der Waals surface area contributed by atoms with Gasteiger partial charge in [-0.2, -0.15) is 0 Å². The van der Waals surface area contributed by atoms with Gasteiger partial charge < -0.3 is 0 Å². The molecule has 0 N–H and O–H groups in total. The van der Waals surface area contributed by atoms with Crippen LogP contribution in [0.25, 0.3) is 0 Å². The van der Waals surface area contributed by atoms with Crippen molar-refractivity contribution in [3.05, 3.63) is 78.9 Å². The van der Waals surface area contributed by atoms with Gasteiger partial charge in [-0.15, -0.1) is 0 Å². The molecule has 12 heteroatoms. The van der Waals surface area contributed by atoms with E-state index >= 15 is 0 Å². The second-order valence-corrected chi connectivity index (χ2v) is 8.62. The summed E-state index contributed by atoms with van der Waals surface area (Å²) < 4.78 is 0. The number of benzene rings is 2. The van der Waals surface area contributed by atoms with Gasteiger partial charge in [0.1, 0.15) is 0 Å². The maximum absolute atomic E-state index is 12.5. The number of fused-ring (bicyclic) bond motifs is 2. The quantitative estimate of drug-likeness (QED) is 0.197. The molecule has 2 aromatic rings.